The quantitative estimate of drug-likeness (QED) is 0.899. The van der Waals surface area contributed by atoms with E-state index in [1.807, 2.05) is 33.8 Å². The number of hydrogen-bond acceptors (Lipinski definition) is 5. The molecule has 1 aromatic heterocycles. The zero-order valence-corrected chi connectivity index (χ0v) is 12.8. The number of aromatic nitrogens is 3. The van der Waals surface area contributed by atoms with Crippen LogP contribution in [0.3, 0.4) is 0 Å². The van der Waals surface area contributed by atoms with Gasteiger partial charge in [0.2, 0.25) is 5.95 Å². The van der Waals surface area contributed by atoms with Crippen molar-refractivity contribution in [1.29, 1.82) is 0 Å². The molecule has 0 atom stereocenters. The van der Waals surface area contributed by atoms with Gasteiger partial charge >= 0.3 is 0 Å². The van der Waals surface area contributed by atoms with Crippen LogP contribution in [0, 0.1) is 13.8 Å². The van der Waals surface area contributed by atoms with Gasteiger partial charge in [0.15, 0.2) is 5.82 Å². The Balaban J connectivity index is 2.26. The predicted molar refractivity (Wildman–Crippen MR) is 82.8 cm³/mol. The second kappa shape index (κ2) is 6.05. The molecule has 0 fully saturated rings. The Kier molecular flexibility index (Phi) is 4.39. The van der Waals surface area contributed by atoms with Gasteiger partial charge in [-0.15, -0.1) is 5.10 Å². The van der Waals surface area contributed by atoms with Gasteiger partial charge in [-0.2, -0.15) is 10.1 Å². The summed E-state index contributed by atoms with van der Waals surface area (Å²) >= 11 is 6.27. The number of halogens is 1. The molecule has 0 aliphatic rings. The van der Waals surface area contributed by atoms with Crippen LogP contribution >= 0.6 is 11.6 Å². The van der Waals surface area contributed by atoms with Gasteiger partial charge in [-0.3, -0.25) is 0 Å². The minimum absolute atomic E-state index is 0.247. The molecule has 0 bridgehead atoms. The van der Waals surface area contributed by atoms with E-state index in [0.717, 1.165) is 16.8 Å². The fourth-order valence-electron chi connectivity index (χ4n) is 1.89. The lowest BCUT2D eigenvalue weighted by Crippen LogP contribution is -2.13. The highest BCUT2D eigenvalue weighted by atomic mass is 35.5. The minimum atomic E-state index is 0.247. The van der Waals surface area contributed by atoms with E-state index in [1.54, 1.807) is 6.20 Å². The van der Waals surface area contributed by atoms with Gasteiger partial charge in [-0.1, -0.05) is 17.7 Å². The molecule has 2 N–H and O–H groups in total. The standard InChI is InChI=1S/C14H18ClN5/c1-8(2)17-14-19-12(7-16-20-14)18-13-10(4)5-9(3)6-11(13)15/h5-8H,1-4H3,(H2,17,18,19,20). The Morgan fingerprint density at radius 3 is 2.60 bits per heavy atom. The summed E-state index contributed by atoms with van der Waals surface area (Å²) in [6.07, 6.45) is 1.57. The van der Waals surface area contributed by atoms with Gasteiger partial charge < -0.3 is 10.6 Å². The van der Waals surface area contributed by atoms with Gasteiger partial charge in [-0.05, 0) is 44.9 Å². The van der Waals surface area contributed by atoms with E-state index in [0.29, 0.717) is 16.8 Å². The molecule has 0 radical (unpaired) electrons. The van der Waals surface area contributed by atoms with E-state index in [-0.39, 0.29) is 6.04 Å². The fraction of sp³-hybridized carbons (Fsp3) is 0.357. The van der Waals surface area contributed by atoms with Crippen molar-refractivity contribution in [1.82, 2.24) is 15.2 Å². The van der Waals surface area contributed by atoms with E-state index in [4.69, 9.17) is 11.6 Å². The first-order chi connectivity index (χ1) is 9.45. The molecule has 106 valence electrons. The average Bonchev–Trinajstić information content (AvgIpc) is 2.33. The van der Waals surface area contributed by atoms with Crippen LogP contribution in [0.5, 0.6) is 0 Å². The third-order valence-electron chi connectivity index (χ3n) is 2.66. The normalized spacial score (nSPS) is 10.7. The van der Waals surface area contributed by atoms with Gasteiger partial charge in [0, 0.05) is 6.04 Å². The van der Waals surface area contributed by atoms with E-state index < -0.39 is 0 Å². The lowest BCUT2D eigenvalue weighted by molar-refractivity contribution is 0.852. The molecule has 0 spiro atoms. The number of rotatable bonds is 4. The van der Waals surface area contributed by atoms with Crippen LogP contribution in [0.2, 0.25) is 5.02 Å². The Labute approximate surface area is 123 Å². The molecule has 5 nitrogen and oxygen atoms in total. The van der Waals surface area contributed by atoms with Crippen LogP contribution in [0.1, 0.15) is 25.0 Å². The van der Waals surface area contributed by atoms with Gasteiger partial charge in [0.25, 0.3) is 0 Å². The molecule has 0 aliphatic carbocycles. The summed E-state index contributed by atoms with van der Waals surface area (Å²) in [6, 6.07) is 4.23. The molecule has 1 aromatic carbocycles. The number of anilines is 3. The molecule has 0 saturated carbocycles. The van der Waals surface area contributed by atoms with Crippen molar-refractivity contribution in [3.63, 3.8) is 0 Å². The first-order valence-corrected chi connectivity index (χ1v) is 6.83. The molecule has 6 heteroatoms. The molecule has 1 heterocycles. The molecule has 0 saturated heterocycles. The van der Waals surface area contributed by atoms with Crippen molar-refractivity contribution in [2.24, 2.45) is 0 Å². The van der Waals surface area contributed by atoms with Gasteiger partial charge in [-0.25, -0.2) is 0 Å². The average molecular weight is 292 g/mol. The van der Waals surface area contributed by atoms with E-state index >= 15 is 0 Å². The molecule has 0 aliphatic heterocycles. The van der Waals surface area contributed by atoms with Crippen molar-refractivity contribution < 1.29 is 0 Å². The first kappa shape index (κ1) is 14.5. The third kappa shape index (κ3) is 3.57. The number of nitrogens with one attached hydrogen (secondary N) is 2. The SMILES string of the molecule is Cc1cc(C)c(Nc2cnnc(NC(C)C)n2)c(Cl)c1. The highest BCUT2D eigenvalue weighted by Gasteiger charge is 2.08. The largest absolute Gasteiger partial charge is 0.351 e. The predicted octanol–water partition coefficient (Wildman–Crippen LogP) is 3.71. The summed E-state index contributed by atoms with van der Waals surface area (Å²) in [5, 5.41) is 14.8. The lowest BCUT2D eigenvalue weighted by Gasteiger charge is -2.13. The van der Waals surface area contributed by atoms with E-state index in [2.05, 4.69) is 31.9 Å². The molecular weight excluding hydrogens is 274 g/mol. The lowest BCUT2D eigenvalue weighted by atomic mass is 10.1. The summed E-state index contributed by atoms with van der Waals surface area (Å²) in [6.45, 7) is 8.05. The van der Waals surface area contributed by atoms with Crippen LogP contribution in [0.15, 0.2) is 18.3 Å². The van der Waals surface area contributed by atoms with Crippen LogP contribution in [-0.4, -0.2) is 21.2 Å². The van der Waals surface area contributed by atoms with Crippen molar-refractivity contribution in [2.75, 3.05) is 10.6 Å². The Morgan fingerprint density at radius 2 is 1.95 bits per heavy atom. The highest BCUT2D eigenvalue weighted by molar-refractivity contribution is 6.33. The van der Waals surface area contributed by atoms with Gasteiger partial charge in [0.05, 0.1) is 16.9 Å². The zero-order chi connectivity index (χ0) is 14.7. The second-order valence-electron chi connectivity index (χ2n) is 5.03. The Hall–Kier alpha value is -1.88. The maximum absolute atomic E-state index is 6.27. The third-order valence-corrected chi connectivity index (χ3v) is 2.96. The Bertz CT molecular complexity index is 589. The van der Waals surface area contributed by atoms with Crippen LogP contribution < -0.4 is 10.6 Å². The summed E-state index contributed by atoms with van der Waals surface area (Å²) in [4.78, 5) is 4.36. The van der Waals surface area contributed by atoms with Crippen molar-refractivity contribution in [2.45, 2.75) is 33.7 Å². The monoisotopic (exact) mass is 291 g/mol. The minimum Gasteiger partial charge on any atom is -0.351 e. The summed E-state index contributed by atoms with van der Waals surface area (Å²) in [5.41, 5.74) is 3.03. The molecule has 0 unspecified atom stereocenters. The molecule has 2 aromatic rings. The van der Waals surface area contributed by atoms with Crippen molar-refractivity contribution >= 4 is 29.1 Å². The number of aryl methyl sites for hydroxylation is 2. The molecule has 2 rings (SSSR count). The fourth-order valence-corrected chi connectivity index (χ4v) is 2.25. The first-order valence-electron chi connectivity index (χ1n) is 6.45. The molecule has 0 amide bonds. The maximum Gasteiger partial charge on any atom is 0.244 e. The van der Waals surface area contributed by atoms with Crippen LogP contribution in [-0.2, 0) is 0 Å². The van der Waals surface area contributed by atoms with E-state index in [9.17, 15) is 0 Å². The van der Waals surface area contributed by atoms with Gasteiger partial charge in [0.1, 0.15) is 0 Å². The van der Waals surface area contributed by atoms with Crippen LogP contribution in [0.25, 0.3) is 0 Å². The Morgan fingerprint density at radius 1 is 1.20 bits per heavy atom. The smallest absolute Gasteiger partial charge is 0.244 e. The summed E-state index contributed by atoms with van der Waals surface area (Å²) < 4.78 is 0. The van der Waals surface area contributed by atoms with Crippen LogP contribution in [0.4, 0.5) is 17.5 Å². The summed E-state index contributed by atoms with van der Waals surface area (Å²) in [7, 11) is 0. The number of benzene rings is 1. The second-order valence-corrected chi connectivity index (χ2v) is 5.44. The maximum atomic E-state index is 6.27. The highest BCUT2D eigenvalue weighted by Crippen LogP contribution is 2.29. The number of nitrogens with zero attached hydrogens (tertiary/aromatic N) is 3. The number of hydrogen-bond donors (Lipinski definition) is 2. The van der Waals surface area contributed by atoms with Crippen molar-refractivity contribution in [3.8, 4) is 0 Å². The summed E-state index contributed by atoms with van der Waals surface area (Å²) in [5.74, 6) is 1.10. The molecule has 20 heavy (non-hydrogen) atoms. The van der Waals surface area contributed by atoms with Crippen molar-refractivity contribution in [3.05, 3.63) is 34.5 Å². The zero-order valence-electron chi connectivity index (χ0n) is 12.0. The molecular formula is C14H18ClN5. The topological polar surface area (TPSA) is 62.7 Å². The van der Waals surface area contributed by atoms with E-state index in [1.165, 1.54) is 0 Å².